The zero-order valence-electron chi connectivity index (χ0n) is 9.57. The molecule has 0 aromatic rings. The van der Waals surface area contributed by atoms with Crippen molar-refractivity contribution in [2.45, 2.75) is 39.3 Å². The number of hydrogen-bond acceptors (Lipinski definition) is 3. The quantitative estimate of drug-likeness (QED) is 0.676. The van der Waals surface area contributed by atoms with Crippen LogP contribution >= 0.6 is 0 Å². The van der Waals surface area contributed by atoms with Gasteiger partial charge < -0.3 is 9.84 Å². The number of likely N-dealkylation sites (tertiary alicyclic amines) is 1. The molecule has 0 aliphatic carbocycles. The van der Waals surface area contributed by atoms with Gasteiger partial charge in [0, 0.05) is 25.7 Å². The Morgan fingerprint density at radius 2 is 2.21 bits per heavy atom. The Balaban J connectivity index is 2.33. The van der Waals surface area contributed by atoms with Crippen molar-refractivity contribution < 1.29 is 9.84 Å². The van der Waals surface area contributed by atoms with Crippen LogP contribution in [0.2, 0.25) is 0 Å². The van der Waals surface area contributed by atoms with Gasteiger partial charge in [-0.25, -0.2) is 0 Å². The Morgan fingerprint density at radius 1 is 1.50 bits per heavy atom. The van der Waals surface area contributed by atoms with E-state index in [4.69, 9.17) is 4.74 Å². The zero-order chi connectivity index (χ0) is 10.6. The second-order valence-corrected chi connectivity index (χ2v) is 4.39. The maximum Gasteiger partial charge on any atom is 0.0682 e. The van der Waals surface area contributed by atoms with Gasteiger partial charge in [0.2, 0.25) is 0 Å². The molecule has 0 aromatic heterocycles. The predicted molar refractivity (Wildman–Crippen MR) is 57.3 cm³/mol. The molecule has 3 nitrogen and oxygen atoms in total. The molecule has 0 bridgehead atoms. The van der Waals surface area contributed by atoms with Crippen LogP contribution in [0.4, 0.5) is 0 Å². The summed E-state index contributed by atoms with van der Waals surface area (Å²) in [6.45, 7) is 9.78. The van der Waals surface area contributed by atoms with Crippen LogP contribution in [-0.4, -0.2) is 48.5 Å². The molecule has 0 radical (unpaired) electrons. The van der Waals surface area contributed by atoms with Crippen LogP contribution in [0.5, 0.6) is 0 Å². The van der Waals surface area contributed by atoms with E-state index in [1.54, 1.807) is 0 Å². The summed E-state index contributed by atoms with van der Waals surface area (Å²) in [6, 6.07) is 0.533. The molecule has 3 heteroatoms. The summed E-state index contributed by atoms with van der Waals surface area (Å²) in [5, 5.41) is 9.59. The van der Waals surface area contributed by atoms with Gasteiger partial charge in [-0.15, -0.1) is 0 Å². The van der Waals surface area contributed by atoms with Crippen LogP contribution < -0.4 is 0 Å². The third-order valence-corrected chi connectivity index (χ3v) is 2.92. The highest BCUT2D eigenvalue weighted by Gasteiger charge is 2.32. The first-order valence-corrected chi connectivity index (χ1v) is 5.65. The molecule has 0 unspecified atom stereocenters. The van der Waals surface area contributed by atoms with E-state index in [1.165, 1.54) is 0 Å². The highest BCUT2D eigenvalue weighted by Crippen LogP contribution is 2.23. The molecule has 1 saturated heterocycles. The van der Waals surface area contributed by atoms with E-state index in [0.717, 1.165) is 32.7 Å². The monoisotopic (exact) mass is 201 g/mol. The molecule has 0 spiro atoms. The SMILES string of the molecule is CCOCCN1C[C@H](O)C[C@H]1C(C)C. The lowest BCUT2D eigenvalue weighted by atomic mass is 10.0. The van der Waals surface area contributed by atoms with Gasteiger partial charge in [0.1, 0.15) is 0 Å². The maximum atomic E-state index is 9.59. The van der Waals surface area contributed by atoms with Crippen LogP contribution in [0.15, 0.2) is 0 Å². The van der Waals surface area contributed by atoms with E-state index >= 15 is 0 Å². The Labute approximate surface area is 87.1 Å². The summed E-state index contributed by atoms with van der Waals surface area (Å²) in [7, 11) is 0. The summed E-state index contributed by atoms with van der Waals surface area (Å²) < 4.78 is 5.34. The smallest absolute Gasteiger partial charge is 0.0682 e. The molecule has 1 N–H and O–H groups in total. The fourth-order valence-electron chi connectivity index (χ4n) is 2.19. The molecule has 0 saturated carbocycles. The molecule has 2 atom stereocenters. The molecule has 0 amide bonds. The van der Waals surface area contributed by atoms with Crippen molar-refractivity contribution >= 4 is 0 Å². The summed E-state index contributed by atoms with van der Waals surface area (Å²) in [4.78, 5) is 2.35. The third-order valence-electron chi connectivity index (χ3n) is 2.92. The van der Waals surface area contributed by atoms with Crippen LogP contribution in [0.25, 0.3) is 0 Å². The van der Waals surface area contributed by atoms with Gasteiger partial charge in [-0.3, -0.25) is 4.90 Å². The number of ether oxygens (including phenoxy) is 1. The summed E-state index contributed by atoms with van der Waals surface area (Å²) >= 11 is 0. The molecular weight excluding hydrogens is 178 g/mol. The van der Waals surface area contributed by atoms with Crippen LogP contribution in [0, 0.1) is 5.92 Å². The van der Waals surface area contributed by atoms with Crippen molar-refractivity contribution in [3.8, 4) is 0 Å². The number of nitrogens with zero attached hydrogens (tertiary/aromatic N) is 1. The first kappa shape index (κ1) is 12.0. The third kappa shape index (κ3) is 3.23. The largest absolute Gasteiger partial charge is 0.392 e. The molecule has 1 fully saturated rings. The Hall–Kier alpha value is -0.120. The molecule has 1 rings (SSSR count). The molecule has 1 heterocycles. The average molecular weight is 201 g/mol. The van der Waals surface area contributed by atoms with E-state index in [1.807, 2.05) is 6.92 Å². The van der Waals surface area contributed by atoms with Crippen molar-refractivity contribution in [2.24, 2.45) is 5.92 Å². The normalized spacial score (nSPS) is 28.9. The number of hydrogen-bond donors (Lipinski definition) is 1. The molecular formula is C11H23NO2. The minimum atomic E-state index is -0.135. The molecule has 1 aliphatic rings. The summed E-state index contributed by atoms with van der Waals surface area (Å²) in [5.41, 5.74) is 0. The second-order valence-electron chi connectivity index (χ2n) is 4.39. The van der Waals surface area contributed by atoms with E-state index in [2.05, 4.69) is 18.7 Å². The van der Waals surface area contributed by atoms with Crippen LogP contribution in [0.3, 0.4) is 0 Å². The molecule has 0 aromatic carbocycles. The van der Waals surface area contributed by atoms with Crippen molar-refractivity contribution in [3.63, 3.8) is 0 Å². The first-order chi connectivity index (χ1) is 6.65. The predicted octanol–water partition coefficient (Wildman–Crippen LogP) is 1.11. The summed E-state index contributed by atoms with van der Waals surface area (Å²) in [5.74, 6) is 0.619. The fourth-order valence-corrected chi connectivity index (χ4v) is 2.19. The van der Waals surface area contributed by atoms with Crippen molar-refractivity contribution in [3.05, 3.63) is 0 Å². The highest BCUT2D eigenvalue weighted by molar-refractivity contribution is 4.86. The lowest BCUT2D eigenvalue weighted by Gasteiger charge is -2.26. The van der Waals surface area contributed by atoms with Crippen LogP contribution in [0.1, 0.15) is 27.2 Å². The maximum absolute atomic E-state index is 9.59. The minimum absolute atomic E-state index is 0.135. The first-order valence-electron chi connectivity index (χ1n) is 5.65. The molecule has 1 aliphatic heterocycles. The van der Waals surface area contributed by atoms with E-state index in [0.29, 0.717) is 12.0 Å². The van der Waals surface area contributed by atoms with Gasteiger partial charge >= 0.3 is 0 Å². The molecule has 14 heavy (non-hydrogen) atoms. The minimum Gasteiger partial charge on any atom is -0.392 e. The lowest BCUT2D eigenvalue weighted by molar-refractivity contribution is 0.0955. The average Bonchev–Trinajstić information content (AvgIpc) is 2.47. The van der Waals surface area contributed by atoms with Gasteiger partial charge in [-0.2, -0.15) is 0 Å². The highest BCUT2D eigenvalue weighted by atomic mass is 16.5. The topological polar surface area (TPSA) is 32.7 Å². The Bertz CT molecular complexity index is 161. The number of aliphatic hydroxyl groups excluding tert-OH is 1. The fraction of sp³-hybridized carbons (Fsp3) is 1.00. The number of aliphatic hydroxyl groups is 1. The van der Waals surface area contributed by atoms with E-state index < -0.39 is 0 Å². The van der Waals surface area contributed by atoms with Gasteiger partial charge in [-0.1, -0.05) is 13.8 Å². The standard InChI is InChI=1S/C11H23NO2/c1-4-14-6-5-12-8-10(13)7-11(12)9(2)3/h9-11,13H,4-8H2,1-3H3/t10-,11+/m1/s1. The van der Waals surface area contributed by atoms with Gasteiger partial charge in [0.25, 0.3) is 0 Å². The Kier molecular flexibility index (Phi) is 4.85. The molecule has 84 valence electrons. The number of rotatable bonds is 5. The van der Waals surface area contributed by atoms with E-state index in [9.17, 15) is 5.11 Å². The van der Waals surface area contributed by atoms with Crippen molar-refractivity contribution in [2.75, 3.05) is 26.3 Å². The lowest BCUT2D eigenvalue weighted by Crippen LogP contribution is -2.36. The summed E-state index contributed by atoms with van der Waals surface area (Å²) in [6.07, 6.45) is 0.785. The van der Waals surface area contributed by atoms with E-state index in [-0.39, 0.29) is 6.10 Å². The Morgan fingerprint density at radius 3 is 2.79 bits per heavy atom. The number of β-amino-alcohol motifs (C(OH)–C–C–N with tert-alkyl or cyclic N) is 1. The van der Waals surface area contributed by atoms with Gasteiger partial charge in [0.05, 0.1) is 12.7 Å². The van der Waals surface area contributed by atoms with Gasteiger partial charge in [0.15, 0.2) is 0 Å². The van der Waals surface area contributed by atoms with Crippen molar-refractivity contribution in [1.29, 1.82) is 0 Å². The van der Waals surface area contributed by atoms with Crippen LogP contribution in [-0.2, 0) is 4.74 Å². The second kappa shape index (κ2) is 5.69. The van der Waals surface area contributed by atoms with Gasteiger partial charge in [-0.05, 0) is 19.3 Å². The van der Waals surface area contributed by atoms with Crippen molar-refractivity contribution in [1.82, 2.24) is 4.90 Å². The zero-order valence-corrected chi connectivity index (χ0v) is 9.57.